The Morgan fingerprint density at radius 3 is 2.55 bits per heavy atom. The van der Waals surface area contributed by atoms with Gasteiger partial charge < -0.3 is 0 Å². The van der Waals surface area contributed by atoms with Crippen LogP contribution in [0.25, 0.3) is 0 Å². The SMILES string of the molecule is O=C1CC(c2ccccc2)c2nnc(C(F)(F)F)n2N1. The van der Waals surface area contributed by atoms with E-state index in [0.717, 1.165) is 5.56 Å². The lowest BCUT2D eigenvalue weighted by Crippen LogP contribution is -2.35. The van der Waals surface area contributed by atoms with Gasteiger partial charge in [-0.15, -0.1) is 10.2 Å². The van der Waals surface area contributed by atoms with Gasteiger partial charge in [-0.25, -0.2) is 4.68 Å². The molecule has 1 aromatic heterocycles. The molecule has 1 unspecified atom stereocenters. The van der Waals surface area contributed by atoms with Crippen LogP contribution in [0, 0.1) is 0 Å². The average Bonchev–Trinajstić information content (AvgIpc) is 2.82. The Morgan fingerprint density at radius 1 is 1.20 bits per heavy atom. The summed E-state index contributed by atoms with van der Waals surface area (Å²) in [5.41, 5.74) is 2.87. The summed E-state index contributed by atoms with van der Waals surface area (Å²) in [6.45, 7) is 0. The van der Waals surface area contributed by atoms with Gasteiger partial charge in [-0.1, -0.05) is 30.3 Å². The Hall–Kier alpha value is -2.38. The molecule has 0 fully saturated rings. The molecule has 1 aromatic carbocycles. The second-order valence-corrected chi connectivity index (χ2v) is 4.42. The minimum Gasteiger partial charge on any atom is -0.273 e. The highest BCUT2D eigenvalue weighted by atomic mass is 19.4. The van der Waals surface area contributed by atoms with Crippen LogP contribution in [0.2, 0.25) is 0 Å². The second-order valence-electron chi connectivity index (χ2n) is 4.42. The first-order valence-electron chi connectivity index (χ1n) is 5.84. The van der Waals surface area contributed by atoms with E-state index in [1.165, 1.54) is 0 Å². The number of rotatable bonds is 1. The first-order chi connectivity index (χ1) is 9.47. The number of halogens is 3. The second kappa shape index (κ2) is 4.32. The standard InChI is InChI=1S/C12H9F3N4O/c13-12(14,15)11-17-16-10-8(6-9(20)18-19(10)11)7-4-2-1-3-5-7/h1-5,8H,6H2,(H,18,20). The average molecular weight is 282 g/mol. The molecule has 0 bridgehead atoms. The van der Waals surface area contributed by atoms with E-state index in [1.54, 1.807) is 30.3 Å². The van der Waals surface area contributed by atoms with Crippen molar-refractivity contribution in [1.29, 1.82) is 0 Å². The van der Waals surface area contributed by atoms with Crippen LogP contribution < -0.4 is 5.43 Å². The van der Waals surface area contributed by atoms with E-state index in [9.17, 15) is 18.0 Å². The van der Waals surface area contributed by atoms with Gasteiger partial charge in [0.05, 0.1) is 5.92 Å². The summed E-state index contributed by atoms with van der Waals surface area (Å²) in [5, 5.41) is 6.75. The van der Waals surface area contributed by atoms with Crippen LogP contribution >= 0.6 is 0 Å². The topological polar surface area (TPSA) is 59.8 Å². The first kappa shape index (κ1) is 12.6. The smallest absolute Gasteiger partial charge is 0.273 e. The molecule has 104 valence electrons. The van der Waals surface area contributed by atoms with Crippen molar-refractivity contribution in [1.82, 2.24) is 14.9 Å². The molecule has 1 N–H and O–H groups in total. The van der Waals surface area contributed by atoms with E-state index in [1.807, 2.05) is 0 Å². The number of carbonyl (C=O) groups excluding carboxylic acids is 1. The van der Waals surface area contributed by atoms with Gasteiger partial charge in [-0.2, -0.15) is 13.2 Å². The van der Waals surface area contributed by atoms with Gasteiger partial charge in [0, 0.05) is 6.42 Å². The molecule has 1 aliphatic heterocycles. The van der Waals surface area contributed by atoms with Crippen molar-refractivity contribution >= 4 is 5.91 Å². The third-order valence-corrected chi connectivity index (χ3v) is 3.08. The van der Waals surface area contributed by atoms with Crippen LogP contribution in [0.5, 0.6) is 0 Å². The summed E-state index contributed by atoms with van der Waals surface area (Å²) >= 11 is 0. The Kier molecular flexibility index (Phi) is 2.73. The normalized spacial score (nSPS) is 18.6. The minimum atomic E-state index is -4.67. The molecular formula is C12H9F3N4O. The summed E-state index contributed by atoms with van der Waals surface area (Å²) in [7, 11) is 0. The third-order valence-electron chi connectivity index (χ3n) is 3.08. The summed E-state index contributed by atoms with van der Waals surface area (Å²) < 4.78 is 39.0. The molecule has 0 spiro atoms. The van der Waals surface area contributed by atoms with Crippen molar-refractivity contribution in [3.05, 3.63) is 47.5 Å². The maximum atomic E-state index is 12.8. The number of carbonyl (C=O) groups is 1. The van der Waals surface area contributed by atoms with E-state index < -0.39 is 23.8 Å². The van der Waals surface area contributed by atoms with E-state index in [4.69, 9.17) is 0 Å². The van der Waals surface area contributed by atoms with E-state index in [-0.39, 0.29) is 12.2 Å². The zero-order valence-electron chi connectivity index (χ0n) is 10.1. The quantitative estimate of drug-likeness (QED) is 0.869. The van der Waals surface area contributed by atoms with Crippen molar-refractivity contribution in [3.63, 3.8) is 0 Å². The highest BCUT2D eigenvalue weighted by Crippen LogP contribution is 2.34. The number of aromatic nitrogens is 3. The van der Waals surface area contributed by atoms with Crippen LogP contribution in [-0.2, 0) is 11.0 Å². The number of fused-ring (bicyclic) bond motifs is 1. The lowest BCUT2D eigenvalue weighted by atomic mass is 9.94. The Bertz CT molecular complexity index is 650. The molecular weight excluding hydrogens is 273 g/mol. The zero-order chi connectivity index (χ0) is 14.3. The van der Waals surface area contributed by atoms with Crippen LogP contribution in [0.4, 0.5) is 13.2 Å². The van der Waals surface area contributed by atoms with Gasteiger partial charge in [0.2, 0.25) is 5.91 Å². The molecule has 1 atom stereocenters. The molecule has 2 aromatic rings. The number of amides is 1. The zero-order valence-corrected chi connectivity index (χ0v) is 10.1. The first-order valence-corrected chi connectivity index (χ1v) is 5.84. The summed E-state index contributed by atoms with van der Waals surface area (Å²) in [6, 6.07) is 8.80. The fraction of sp³-hybridized carbons (Fsp3) is 0.250. The van der Waals surface area contributed by atoms with Crippen molar-refractivity contribution in [3.8, 4) is 0 Å². The molecule has 2 heterocycles. The van der Waals surface area contributed by atoms with Gasteiger partial charge >= 0.3 is 6.18 Å². The van der Waals surface area contributed by atoms with Crippen molar-refractivity contribution in [2.45, 2.75) is 18.5 Å². The number of alkyl halides is 3. The lowest BCUT2D eigenvalue weighted by Gasteiger charge is -2.24. The van der Waals surface area contributed by atoms with Crippen molar-refractivity contribution in [2.24, 2.45) is 0 Å². The summed E-state index contributed by atoms with van der Waals surface area (Å²) in [6.07, 6.45) is -4.63. The van der Waals surface area contributed by atoms with Crippen LogP contribution in [0.1, 0.15) is 29.6 Å². The van der Waals surface area contributed by atoms with Gasteiger partial charge in [-0.05, 0) is 5.56 Å². The minimum absolute atomic E-state index is 0.0417. The van der Waals surface area contributed by atoms with E-state index >= 15 is 0 Å². The largest absolute Gasteiger partial charge is 0.453 e. The van der Waals surface area contributed by atoms with E-state index in [2.05, 4.69) is 15.6 Å². The predicted octanol–water partition coefficient (Wildman–Crippen LogP) is 1.90. The summed E-state index contributed by atoms with van der Waals surface area (Å²) in [4.78, 5) is 11.6. The van der Waals surface area contributed by atoms with Crippen molar-refractivity contribution in [2.75, 3.05) is 5.43 Å². The van der Waals surface area contributed by atoms with Crippen molar-refractivity contribution < 1.29 is 18.0 Å². The molecule has 0 radical (unpaired) electrons. The molecule has 1 aliphatic rings. The Balaban J connectivity index is 2.11. The van der Waals surface area contributed by atoms with Gasteiger partial charge in [-0.3, -0.25) is 10.2 Å². The van der Waals surface area contributed by atoms with Crippen LogP contribution in [0.15, 0.2) is 30.3 Å². The van der Waals surface area contributed by atoms with E-state index in [0.29, 0.717) is 4.68 Å². The molecule has 0 aliphatic carbocycles. The fourth-order valence-corrected chi connectivity index (χ4v) is 2.22. The number of hydrogen-bond acceptors (Lipinski definition) is 3. The monoisotopic (exact) mass is 282 g/mol. The number of benzene rings is 1. The molecule has 1 amide bonds. The molecule has 0 saturated heterocycles. The van der Waals surface area contributed by atoms with Crippen LogP contribution in [-0.4, -0.2) is 20.8 Å². The number of nitrogens with one attached hydrogen (secondary N) is 1. The highest BCUT2D eigenvalue weighted by molar-refractivity contribution is 5.86. The summed E-state index contributed by atoms with van der Waals surface area (Å²) in [5.74, 6) is -2.17. The molecule has 0 saturated carbocycles. The fourth-order valence-electron chi connectivity index (χ4n) is 2.22. The van der Waals surface area contributed by atoms with Crippen LogP contribution in [0.3, 0.4) is 0 Å². The Labute approximate surface area is 111 Å². The molecule has 5 nitrogen and oxygen atoms in total. The van der Waals surface area contributed by atoms with Gasteiger partial charge in [0.25, 0.3) is 5.82 Å². The van der Waals surface area contributed by atoms with Gasteiger partial charge in [0.15, 0.2) is 5.82 Å². The van der Waals surface area contributed by atoms with Gasteiger partial charge in [0.1, 0.15) is 0 Å². The maximum absolute atomic E-state index is 12.8. The maximum Gasteiger partial charge on any atom is 0.453 e. The lowest BCUT2D eigenvalue weighted by molar-refractivity contribution is -0.147. The molecule has 3 rings (SSSR count). The number of hydrogen-bond donors (Lipinski definition) is 1. The number of nitrogens with zero attached hydrogens (tertiary/aromatic N) is 3. The highest BCUT2D eigenvalue weighted by Gasteiger charge is 2.42. The molecule has 20 heavy (non-hydrogen) atoms. The predicted molar refractivity (Wildman–Crippen MR) is 62.3 cm³/mol. The third kappa shape index (κ3) is 2.02. The Morgan fingerprint density at radius 2 is 1.90 bits per heavy atom. The molecule has 8 heteroatoms.